The highest BCUT2D eigenvalue weighted by Crippen LogP contribution is 2.21. The first-order valence-electron chi connectivity index (χ1n) is 7.65. The monoisotopic (exact) mass is 341 g/mol. The lowest BCUT2D eigenvalue weighted by Gasteiger charge is -2.03. The maximum absolute atomic E-state index is 11.8. The van der Waals surface area contributed by atoms with Gasteiger partial charge in [-0.15, -0.1) is 0 Å². The molecule has 0 fully saturated rings. The SMILES string of the molecule is O=C(OCCCc1nc(-c2ccc(Cl)cc2)co1)c1ccccc1. The number of benzene rings is 2. The van der Waals surface area contributed by atoms with Crippen LogP contribution in [0.25, 0.3) is 11.3 Å². The molecule has 5 heteroatoms. The highest BCUT2D eigenvalue weighted by Gasteiger charge is 2.08. The lowest BCUT2D eigenvalue weighted by Crippen LogP contribution is -2.06. The van der Waals surface area contributed by atoms with E-state index in [0.29, 0.717) is 35.9 Å². The number of halogens is 1. The van der Waals surface area contributed by atoms with Crippen LogP contribution in [0.1, 0.15) is 22.7 Å². The van der Waals surface area contributed by atoms with Gasteiger partial charge in [0.15, 0.2) is 5.89 Å². The van der Waals surface area contributed by atoms with Crippen molar-refractivity contribution in [2.75, 3.05) is 6.61 Å². The molecule has 3 aromatic rings. The Morgan fingerprint density at radius 2 is 1.83 bits per heavy atom. The summed E-state index contributed by atoms with van der Waals surface area (Å²) in [7, 11) is 0. The van der Waals surface area contributed by atoms with Crippen LogP contribution in [0.15, 0.2) is 65.3 Å². The average Bonchev–Trinajstić information content (AvgIpc) is 3.09. The molecule has 0 bridgehead atoms. The van der Waals surface area contributed by atoms with Crippen molar-refractivity contribution in [3.8, 4) is 11.3 Å². The molecule has 2 aromatic carbocycles. The maximum Gasteiger partial charge on any atom is 0.338 e. The van der Waals surface area contributed by atoms with Gasteiger partial charge in [-0.1, -0.05) is 41.9 Å². The fourth-order valence-electron chi connectivity index (χ4n) is 2.22. The molecule has 0 N–H and O–H groups in total. The molecule has 0 aliphatic carbocycles. The normalized spacial score (nSPS) is 10.5. The van der Waals surface area contributed by atoms with Crippen molar-refractivity contribution in [2.45, 2.75) is 12.8 Å². The Morgan fingerprint density at radius 3 is 2.58 bits per heavy atom. The predicted molar refractivity (Wildman–Crippen MR) is 92.0 cm³/mol. The minimum absolute atomic E-state index is 0.315. The number of carbonyl (C=O) groups excluding carboxylic acids is 1. The minimum atomic E-state index is -0.315. The van der Waals surface area contributed by atoms with Crippen LogP contribution in [0.3, 0.4) is 0 Å². The second-order valence-electron chi connectivity index (χ2n) is 5.24. The van der Waals surface area contributed by atoms with Crippen LogP contribution in [0, 0.1) is 0 Å². The average molecular weight is 342 g/mol. The molecule has 3 rings (SSSR count). The number of oxazole rings is 1. The van der Waals surface area contributed by atoms with E-state index in [2.05, 4.69) is 4.98 Å². The van der Waals surface area contributed by atoms with E-state index in [1.54, 1.807) is 18.4 Å². The molecule has 0 amide bonds. The number of rotatable bonds is 6. The van der Waals surface area contributed by atoms with Gasteiger partial charge in [-0.05, 0) is 30.7 Å². The van der Waals surface area contributed by atoms with Gasteiger partial charge in [-0.3, -0.25) is 0 Å². The highest BCUT2D eigenvalue weighted by atomic mass is 35.5. The summed E-state index contributed by atoms with van der Waals surface area (Å²) in [6.45, 7) is 0.326. The number of carbonyl (C=O) groups is 1. The molecule has 24 heavy (non-hydrogen) atoms. The van der Waals surface area contributed by atoms with Crippen LogP contribution in [-0.2, 0) is 11.2 Å². The van der Waals surface area contributed by atoms with E-state index in [1.807, 2.05) is 42.5 Å². The highest BCUT2D eigenvalue weighted by molar-refractivity contribution is 6.30. The first-order valence-corrected chi connectivity index (χ1v) is 8.03. The third kappa shape index (κ3) is 4.24. The molecule has 0 saturated heterocycles. The molecule has 0 atom stereocenters. The molecule has 0 saturated carbocycles. The van der Waals surface area contributed by atoms with Crippen molar-refractivity contribution < 1.29 is 13.9 Å². The van der Waals surface area contributed by atoms with Crippen molar-refractivity contribution >= 4 is 17.6 Å². The van der Waals surface area contributed by atoms with Crippen LogP contribution in [0.4, 0.5) is 0 Å². The van der Waals surface area contributed by atoms with Crippen LogP contribution in [-0.4, -0.2) is 17.6 Å². The van der Waals surface area contributed by atoms with Gasteiger partial charge in [-0.2, -0.15) is 0 Å². The Bertz CT molecular complexity index is 797. The third-order valence-corrected chi connectivity index (χ3v) is 3.72. The number of hydrogen-bond acceptors (Lipinski definition) is 4. The quantitative estimate of drug-likeness (QED) is 0.478. The zero-order valence-electron chi connectivity index (χ0n) is 12.9. The summed E-state index contributed by atoms with van der Waals surface area (Å²) in [5, 5.41) is 0.683. The van der Waals surface area contributed by atoms with Crippen LogP contribution < -0.4 is 0 Å². The summed E-state index contributed by atoms with van der Waals surface area (Å²) in [4.78, 5) is 16.2. The van der Waals surface area contributed by atoms with Crippen molar-refractivity contribution in [2.24, 2.45) is 0 Å². The van der Waals surface area contributed by atoms with E-state index in [1.165, 1.54) is 0 Å². The zero-order valence-corrected chi connectivity index (χ0v) is 13.7. The Labute approximate surface area is 145 Å². The molecule has 0 unspecified atom stereocenters. The van der Waals surface area contributed by atoms with Gasteiger partial charge in [0.2, 0.25) is 0 Å². The fourth-order valence-corrected chi connectivity index (χ4v) is 2.35. The summed E-state index contributed by atoms with van der Waals surface area (Å²) < 4.78 is 10.7. The van der Waals surface area contributed by atoms with E-state index in [9.17, 15) is 4.79 Å². The smallest absolute Gasteiger partial charge is 0.338 e. The molecule has 0 spiro atoms. The number of esters is 1. The van der Waals surface area contributed by atoms with Crippen LogP contribution in [0.5, 0.6) is 0 Å². The van der Waals surface area contributed by atoms with Gasteiger partial charge in [0.1, 0.15) is 12.0 Å². The summed E-state index contributed by atoms with van der Waals surface area (Å²) in [5.74, 6) is 0.306. The Morgan fingerprint density at radius 1 is 1.08 bits per heavy atom. The summed E-state index contributed by atoms with van der Waals surface area (Å²) in [6, 6.07) is 16.4. The molecule has 0 aliphatic rings. The lowest BCUT2D eigenvalue weighted by atomic mass is 10.2. The maximum atomic E-state index is 11.8. The van der Waals surface area contributed by atoms with Gasteiger partial charge in [0.05, 0.1) is 12.2 Å². The third-order valence-electron chi connectivity index (χ3n) is 3.47. The Balaban J connectivity index is 1.47. The lowest BCUT2D eigenvalue weighted by molar-refractivity contribution is 0.0499. The molecule has 122 valence electrons. The summed E-state index contributed by atoms with van der Waals surface area (Å²) in [6.07, 6.45) is 2.88. The predicted octanol–water partition coefficient (Wildman–Crippen LogP) is 4.78. The van der Waals surface area contributed by atoms with E-state index in [0.717, 1.165) is 11.3 Å². The largest absolute Gasteiger partial charge is 0.462 e. The van der Waals surface area contributed by atoms with E-state index in [-0.39, 0.29) is 5.97 Å². The zero-order chi connectivity index (χ0) is 16.8. The molecular formula is C19H16ClNO3. The summed E-state index contributed by atoms with van der Waals surface area (Å²) >= 11 is 5.87. The van der Waals surface area contributed by atoms with Gasteiger partial charge in [0.25, 0.3) is 0 Å². The number of ether oxygens (including phenoxy) is 1. The number of aromatic nitrogens is 1. The number of nitrogens with zero attached hydrogens (tertiary/aromatic N) is 1. The Kier molecular flexibility index (Phi) is 5.29. The molecule has 1 aromatic heterocycles. The van der Waals surface area contributed by atoms with Gasteiger partial charge < -0.3 is 9.15 Å². The van der Waals surface area contributed by atoms with Crippen molar-refractivity contribution in [3.05, 3.63) is 77.3 Å². The van der Waals surface area contributed by atoms with Crippen molar-refractivity contribution in [1.29, 1.82) is 0 Å². The standard InChI is InChI=1S/C19H16ClNO3/c20-16-10-8-14(9-11-16)17-13-24-18(21-17)7-4-12-23-19(22)15-5-2-1-3-6-15/h1-3,5-6,8-11,13H,4,7,12H2. The van der Waals surface area contributed by atoms with E-state index in [4.69, 9.17) is 20.8 Å². The first-order chi connectivity index (χ1) is 11.7. The second-order valence-corrected chi connectivity index (χ2v) is 5.68. The van der Waals surface area contributed by atoms with Gasteiger partial charge in [0, 0.05) is 17.0 Å². The van der Waals surface area contributed by atoms with Crippen LogP contribution >= 0.6 is 11.6 Å². The van der Waals surface area contributed by atoms with Crippen molar-refractivity contribution in [3.63, 3.8) is 0 Å². The molecule has 0 aliphatic heterocycles. The van der Waals surface area contributed by atoms with Gasteiger partial charge >= 0.3 is 5.97 Å². The Hall–Kier alpha value is -2.59. The number of hydrogen-bond donors (Lipinski definition) is 0. The summed E-state index contributed by atoms with van der Waals surface area (Å²) in [5.41, 5.74) is 2.27. The first kappa shape index (κ1) is 16.3. The topological polar surface area (TPSA) is 52.3 Å². The minimum Gasteiger partial charge on any atom is -0.462 e. The molecule has 1 heterocycles. The van der Waals surface area contributed by atoms with E-state index >= 15 is 0 Å². The molecule has 0 radical (unpaired) electrons. The fraction of sp³-hybridized carbons (Fsp3) is 0.158. The molecule has 4 nitrogen and oxygen atoms in total. The van der Waals surface area contributed by atoms with Crippen LogP contribution in [0.2, 0.25) is 5.02 Å². The second kappa shape index (κ2) is 7.79. The van der Waals surface area contributed by atoms with Gasteiger partial charge in [-0.25, -0.2) is 9.78 Å². The number of aryl methyl sites for hydroxylation is 1. The van der Waals surface area contributed by atoms with E-state index < -0.39 is 0 Å². The molecular weight excluding hydrogens is 326 g/mol. The van der Waals surface area contributed by atoms with Crippen molar-refractivity contribution in [1.82, 2.24) is 4.98 Å².